The van der Waals surface area contributed by atoms with E-state index in [2.05, 4.69) is 31.4 Å². The zero-order valence-corrected chi connectivity index (χ0v) is 13.0. The molecule has 0 radical (unpaired) electrons. The fourth-order valence-corrected chi connectivity index (χ4v) is 2.80. The van der Waals surface area contributed by atoms with Crippen molar-refractivity contribution in [2.75, 3.05) is 5.32 Å². The lowest BCUT2D eigenvalue weighted by atomic mass is 10.2. The molecule has 0 bridgehead atoms. The van der Waals surface area contributed by atoms with Crippen LogP contribution in [0.5, 0.6) is 0 Å². The molecule has 0 unspecified atom stereocenters. The van der Waals surface area contributed by atoms with Gasteiger partial charge >= 0.3 is 0 Å². The Bertz CT molecular complexity index is 785. The molecule has 0 fully saturated rings. The highest BCUT2D eigenvalue weighted by Gasteiger charge is 2.14. The molecule has 2 N–H and O–H groups in total. The molecule has 2 aromatic heterocycles. The van der Waals surface area contributed by atoms with Gasteiger partial charge in [0.15, 0.2) is 5.69 Å². The normalized spacial score (nSPS) is 10.6. The highest BCUT2D eigenvalue weighted by Crippen LogP contribution is 2.24. The first-order valence-corrected chi connectivity index (χ1v) is 7.66. The third-order valence-electron chi connectivity index (χ3n) is 2.78. The first-order valence-electron chi connectivity index (χ1n) is 5.99. The molecule has 1 aromatic carbocycles. The summed E-state index contributed by atoms with van der Waals surface area (Å²) in [7, 11) is 0. The number of nitrogens with one attached hydrogen (secondary N) is 2. The van der Waals surface area contributed by atoms with Crippen LogP contribution in [0, 0.1) is 5.82 Å². The number of hydrogen-bond donors (Lipinski definition) is 2. The van der Waals surface area contributed by atoms with Crippen molar-refractivity contribution in [1.82, 2.24) is 10.2 Å². The number of aromatic nitrogens is 2. The van der Waals surface area contributed by atoms with Crippen molar-refractivity contribution in [1.29, 1.82) is 0 Å². The number of rotatable bonds is 3. The predicted octanol–water partition coefficient (Wildman–Crippen LogP) is 4.29. The van der Waals surface area contributed by atoms with Crippen LogP contribution in [0.3, 0.4) is 0 Å². The molecule has 21 heavy (non-hydrogen) atoms. The molecule has 0 saturated carbocycles. The Hall–Kier alpha value is -1.99. The molecular formula is C14H9BrFN3OS. The maximum absolute atomic E-state index is 13.7. The zero-order chi connectivity index (χ0) is 14.8. The quantitative estimate of drug-likeness (QED) is 0.727. The van der Waals surface area contributed by atoms with Gasteiger partial charge in [0.2, 0.25) is 0 Å². The summed E-state index contributed by atoms with van der Waals surface area (Å²) in [6.45, 7) is 0. The van der Waals surface area contributed by atoms with Gasteiger partial charge in [-0.1, -0.05) is 22.0 Å². The van der Waals surface area contributed by atoms with Gasteiger partial charge in [0, 0.05) is 4.47 Å². The van der Waals surface area contributed by atoms with Gasteiger partial charge in [0.25, 0.3) is 5.91 Å². The zero-order valence-electron chi connectivity index (χ0n) is 10.6. The third kappa shape index (κ3) is 3.03. The van der Waals surface area contributed by atoms with E-state index in [1.165, 1.54) is 12.1 Å². The molecule has 4 nitrogen and oxygen atoms in total. The van der Waals surface area contributed by atoms with Crippen molar-refractivity contribution < 1.29 is 9.18 Å². The number of carbonyl (C=O) groups excluding carboxylic acids is 1. The van der Waals surface area contributed by atoms with Gasteiger partial charge in [-0.15, -0.1) is 11.3 Å². The minimum Gasteiger partial charge on any atom is -0.318 e. The Labute approximate surface area is 132 Å². The van der Waals surface area contributed by atoms with Crippen LogP contribution in [0.15, 0.2) is 46.3 Å². The minimum atomic E-state index is -0.508. The summed E-state index contributed by atoms with van der Waals surface area (Å²) in [5, 5.41) is 11.2. The second kappa shape index (κ2) is 5.79. The molecule has 0 aliphatic heterocycles. The summed E-state index contributed by atoms with van der Waals surface area (Å²) >= 11 is 4.70. The number of anilines is 1. The van der Waals surface area contributed by atoms with E-state index in [4.69, 9.17) is 0 Å². The maximum Gasteiger partial charge on any atom is 0.276 e. The molecule has 2 heterocycles. The average Bonchev–Trinajstić information content (AvgIpc) is 3.10. The summed E-state index contributed by atoms with van der Waals surface area (Å²) in [6, 6.07) is 9.91. The largest absolute Gasteiger partial charge is 0.318 e. The molecule has 106 valence electrons. The summed E-state index contributed by atoms with van der Waals surface area (Å²) in [4.78, 5) is 13.0. The SMILES string of the molecule is O=C(Nc1ccc(Br)cc1F)c1cc(-c2cccs2)[nH]n1. The number of hydrogen-bond acceptors (Lipinski definition) is 3. The van der Waals surface area contributed by atoms with E-state index in [-0.39, 0.29) is 11.4 Å². The second-order valence-corrected chi connectivity index (χ2v) is 6.09. The topological polar surface area (TPSA) is 57.8 Å². The number of amides is 1. The van der Waals surface area contributed by atoms with Crippen LogP contribution in [0.2, 0.25) is 0 Å². The van der Waals surface area contributed by atoms with Crippen LogP contribution < -0.4 is 5.32 Å². The van der Waals surface area contributed by atoms with Gasteiger partial charge in [0.1, 0.15) is 5.82 Å². The molecule has 0 saturated heterocycles. The van der Waals surface area contributed by atoms with Crippen molar-refractivity contribution in [3.05, 3.63) is 57.8 Å². The molecule has 3 aromatic rings. The summed E-state index contributed by atoms with van der Waals surface area (Å²) in [6.07, 6.45) is 0. The monoisotopic (exact) mass is 365 g/mol. The van der Waals surface area contributed by atoms with Crippen molar-refractivity contribution in [3.8, 4) is 10.6 Å². The lowest BCUT2D eigenvalue weighted by Crippen LogP contribution is -2.13. The van der Waals surface area contributed by atoms with Gasteiger partial charge in [-0.3, -0.25) is 9.89 Å². The van der Waals surface area contributed by atoms with Crippen molar-refractivity contribution in [3.63, 3.8) is 0 Å². The van der Waals surface area contributed by atoms with E-state index >= 15 is 0 Å². The molecule has 0 atom stereocenters. The van der Waals surface area contributed by atoms with Gasteiger partial charge in [0.05, 0.1) is 16.3 Å². The van der Waals surface area contributed by atoms with Crippen LogP contribution in [0.4, 0.5) is 10.1 Å². The predicted molar refractivity (Wildman–Crippen MR) is 84.0 cm³/mol. The number of thiophene rings is 1. The Balaban J connectivity index is 1.79. The van der Waals surface area contributed by atoms with E-state index in [1.807, 2.05) is 17.5 Å². The first-order chi connectivity index (χ1) is 10.1. The summed E-state index contributed by atoms with van der Waals surface area (Å²) in [5.74, 6) is -0.970. The van der Waals surface area contributed by atoms with Crippen LogP contribution in [0.1, 0.15) is 10.5 Å². The maximum atomic E-state index is 13.7. The van der Waals surface area contributed by atoms with E-state index in [0.717, 1.165) is 10.6 Å². The van der Waals surface area contributed by atoms with E-state index in [0.29, 0.717) is 4.47 Å². The average molecular weight is 366 g/mol. The van der Waals surface area contributed by atoms with Gasteiger partial charge in [-0.2, -0.15) is 5.10 Å². The van der Waals surface area contributed by atoms with Crippen molar-refractivity contribution >= 4 is 38.9 Å². The molecule has 7 heteroatoms. The molecular weight excluding hydrogens is 357 g/mol. The highest BCUT2D eigenvalue weighted by molar-refractivity contribution is 9.10. The fraction of sp³-hybridized carbons (Fsp3) is 0. The molecule has 3 rings (SSSR count). The number of H-pyrrole nitrogens is 1. The molecule has 0 aliphatic carbocycles. The van der Waals surface area contributed by atoms with Crippen LogP contribution in [0.25, 0.3) is 10.6 Å². The first kappa shape index (κ1) is 14.0. The van der Waals surface area contributed by atoms with Crippen molar-refractivity contribution in [2.45, 2.75) is 0 Å². The Morgan fingerprint density at radius 3 is 2.90 bits per heavy atom. The standard InChI is InChI=1S/C14H9BrFN3OS/c15-8-3-4-10(9(16)6-8)17-14(20)12-7-11(18-19-12)13-2-1-5-21-13/h1-7H,(H,17,20)(H,18,19). The van der Waals surface area contributed by atoms with Gasteiger partial charge in [-0.05, 0) is 35.7 Å². The molecule has 1 amide bonds. The summed E-state index contributed by atoms with van der Waals surface area (Å²) < 4.78 is 14.3. The number of benzene rings is 1. The van der Waals surface area contributed by atoms with E-state index in [9.17, 15) is 9.18 Å². The Morgan fingerprint density at radius 1 is 1.33 bits per heavy atom. The van der Waals surface area contributed by atoms with E-state index in [1.54, 1.807) is 23.5 Å². The van der Waals surface area contributed by atoms with Crippen molar-refractivity contribution in [2.24, 2.45) is 0 Å². The lowest BCUT2D eigenvalue weighted by molar-refractivity contribution is 0.102. The Kier molecular flexibility index (Phi) is 3.85. The number of aromatic amines is 1. The smallest absolute Gasteiger partial charge is 0.276 e. The lowest BCUT2D eigenvalue weighted by Gasteiger charge is -2.04. The summed E-state index contributed by atoms with van der Waals surface area (Å²) in [5.41, 5.74) is 1.08. The number of halogens is 2. The Morgan fingerprint density at radius 2 is 2.19 bits per heavy atom. The number of carbonyl (C=O) groups is 1. The van der Waals surface area contributed by atoms with E-state index < -0.39 is 11.7 Å². The van der Waals surface area contributed by atoms with Gasteiger partial charge < -0.3 is 5.32 Å². The van der Waals surface area contributed by atoms with Gasteiger partial charge in [-0.25, -0.2) is 4.39 Å². The second-order valence-electron chi connectivity index (χ2n) is 4.22. The number of nitrogens with zero attached hydrogens (tertiary/aromatic N) is 1. The van der Waals surface area contributed by atoms with Crippen LogP contribution in [-0.4, -0.2) is 16.1 Å². The van der Waals surface area contributed by atoms with Crippen LogP contribution >= 0.6 is 27.3 Å². The third-order valence-corrected chi connectivity index (χ3v) is 4.17. The minimum absolute atomic E-state index is 0.115. The highest BCUT2D eigenvalue weighted by atomic mass is 79.9. The molecule has 0 spiro atoms. The van der Waals surface area contributed by atoms with Crippen LogP contribution in [-0.2, 0) is 0 Å². The fourth-order valence-electron chi connectivity index (χ4n) is 1.77. The molecule has 0 aliphatic rings.